The van der Waals surface area contributed by atoms with Crippen LogP contribution in [0.2, 0.25) is 5.02 Å². The summed E-state index contributed by atoms with van der Waals surface area (Å²) in [6.45, 7) is 5.25. The van der Waals surface area contributed by atoms with E-state index < -0.39 is 11.5 Å². The highest BCUT2D eigenvalue weighted by Crippen LogP contribution is 2.21. The molecular formula is C23H23ClN4O3. The van der Waals surface area contributed by atoms with Crippen LogP contribution in [0.5, 0.6) is 0 Å². The number of aryl methyl sites for hydroxylation is 1. The van der Waals surface area contributed by atoms with Crippen LogP contribution in [-0.4, -0.2) is 21.6 Å². The van der Waals surface area contributed by atoms with Gasteiger partial charge in [0.25, 0.3) is 5.56 Å². The minimum absolute atomic E-state index is 0.0614. The van der Waals surface area contributed by atoms with Crippen LogP contribution in [0, 0.1) is 13.8 Å². The number of hydrogen-bond donors (Lipinski definition) is 2. The van der Waals surface area contributed by atoms with Gasteiger partial charge in [0, 0.05) is 22.7 Å². The molecule has 0 aliphatic rings. The lowest BCUT2D eigenvalue weighted by atomic mass is 10.1. The van der Waals surface area contributed by atoms with E-state index in [9.17, 15) is 14.4 Å². The molecule has 1 heterocycles. The number of carbonyl (C=O) groups is 2. The SMILES string of the molecule is CCC(=O)Nc1cc(-c2ccc(Cl)cc2)nn(CC(=O)Nc2cccc(C)c2C)c1=O. The van der Waals surface area contributed by atoms with Crippen molar-refractivity contribution in [3.63, 3.8) is 0 Å². The fraction of sp³-hybridized carbons (Fsp3) is 0.217. The predicted octanol–water partition coefficient (Wildman–Crippen LogP) is 4.17. The van der Waals surface area contributed by atoms with E-state index in [0.717, 1.165) is 15.8 Å². The first-order chi connectivity index (χ1) is 14.8. The molecule has 8 heteroatoms. The zero-order chi connectivity index (χ0) is 22.5. The minimum Gasteiger partial charge on any atom is -0.324 e. The Morgan fingerprint density at radius 1 is 1.00 bits per heavy atom. The van der Waals surface area contributed by atoms with Gasteiger partial charge in [0.1, 0.15) is 12.2 Å². The molecule has 2 aromatic carbocycles. The van der Waals surface area contributed by atoms with Gasteiger partial charge in [0.15, 0.2) is 0 Å². The van der Waals surface area contributed by atoms with Crippen molar-refractivity contribution in [1.29, 1.82) is 0 Å². The summed E-state index contributed by atoms with van der Waals surface area (Å²) >= 11 is 5.96. The van der Waals surface area contributed by atoms with E-state index in [1.807, 2.05) is 26.0 Å². The lowest BCUT2D eigenvalue weighted by Crippen LogP contribution is -2.32. The zero-order valence-electron chi connectivity index (χ0n) is 17.5. The van der Waals surface area contributed by atoms with Crippen LogP contribution in [0.4, 0.5) is 11.4 Å². The van der Waals surface area contributed by atoms with Gasteiger partial charge >= 0.3 is 0 Å². The largest absolute Gasteiger partial charge is 0.324 e. The molecule has 0 bridgehead atoms. The fourth-order valence-corrected chi connectivity index (χ4v) is 3.08. The number of anilines is 2. The van der Waals surface area contributed by atoms with E-state index in [1.165, 1.54) is 6.07 Å². The first kappa shape index (κ1) is 22.2. The van der Waals surface area contributed by atoms with Crippen LogP contribution in [-0.2, 0) is 16.1 Å². The first-order valence-electron chi connectivity index (χ1n) is 9.82. The predicted molar refractivity (Wildman–Crippen MR) is 122 cm³/mol. The summed E-state index contributed by atoms with van der Waals surface area (Å²) in [7, 11) is 0. The Morgan fingerprint density at radius 3 is 2.35 bits per heavy atom. The Morgan fingerprint density at radius 2 is 1.68 bits per heavy atom. The quantitative estimate of drug-likeness (QED) is 0.604. The normalized spacial score (nSPS) is 10.6. The molecule has 0 aliphatic heterocycles. The van der Waals surface area contributed by atoms with Crippen LogP contribution < -0.4 is 16.2 Å². The van der Waals surface area contributed by atoms with E-state index >= 15 is 0 Å². The van der Waals surface area contributed by atoms with E-state index in [2.05, 4.69) is 15.7 Å². The molecule has 160 valence electrons. The number of benzene rings is 2. The monoisotopic (exact) mass is 438 g/mol. The van der Waals surface area contributed by atoms with Gasteiger partial charge in [0.05, 0.1) is 5.69 Å². The number of aromatic nitrogens is 2. The third-order valence-corrected chi connectivity index (χ3v) is 5.13. The van der Waals surface area contributed by atoms with Crippen LogP contribution >= 0.6 is 11.6 Å². The minimum atomic E-state index is -0.560. The highest BCUT2D eigenvalue weighted by atomic mass is 35.5. The van der Waals surface area contributed by atoms with Gasteiger partial charge in [-0.25, -0.2) is 4.68 Å². The Labute approximate surface area is 185 Å². The molecule has 0 aliphatic carbocycles. The summed E-state index contributed by atoms with van der Waals surface area (Å²) in [5.74, 6) is -0.707. The van der Waals surface area contributed by atoms with Crippen molar-refractivity contribution in [3.8, 4) is 11.3 Å². The molecule has 0 atom stereocenters. The van der Waals surface area contributed by atoms with Crippen molar-refractivity contribution in [1.82, 2.24) is 9.78 Å². The van der Waals surface area contributed by atoms with Crippen molar-refractivity contribution in [2.45, 2.75) is 33.7 Å². The number of amides is 2. The Hall–Kier alpha value is -3.45. The summed E-state index contributed by atoms with van der Waals surface area (Å²) in [6.07, 6.45) is 0.213. The summed E-state index contributed by atoms with van der Waals surface area (Å²) < 4.78 is 1.05. The second-order valence-corrected chi connectivity index (χ2v) is 7.55. The van der Waals surface area contributed by atoms with E-state index in [0.29, 0.717) is 22.0 Å². The van der Waals surface area contributed by atoms with E-state index in [1.54, 1.807) is 37.3 Å². The fourth-order valence-electron chi connectivity index (χ4n) is 2.95. The first-order valence-corrected chi connectivity index (χ1v) is 10.2. The van der Waals surface area contributed by atoms with Crippen LogP contribution in [0.1, 0.15) is 24.5 Å². The average Bonchev–Trinajstić information content (AvgIpc) is 2.74. The van der Waals surface area contributed by atoms with Crippen molar-refractivity contribution in [2.75, 3.05) is 10.6 Å². The second kappa shape index (κ2) is 9.57. The number of halogens is 1. The van der Waals surface area contributed by atoms with Crippen molar-refractivity contribution >= 4 is 34.8 Å². The van der Waals surface area contributed by atoms with Gasteiger partial charge in [-0.05, 0) is 49.2 Å². The Bertz CT molecular complexity index is 1190. The van der Waals surface area contributed by atoms with Crippen LogP contribution in [0.25, 0.3) is 11.3 Å². The van der Waals surface area contributed by atoms with Crippen molar-refractivity contribution in [2.24, 2.45) is 0 Å². The molecule has 0 saturated carbocycles. The van der Waals surface area contributed by atoms with Crippen molar-refractivity contribution < 1.29 is 9.59 Å². The average molecular weight is 439 g/mol. The molecule has 7 nitrogen and oxygen atoms in total. The second-order valence-electron chi connectivity index (χ2n) is 7.11. The number of rotatable bonds is 6. The summed E-state index contributed by atoms with van der Waals surface area (Å²) in [5.41, 5.74) is 3.29. The summed E-state index contributed by atoms with van der Waals surface area (Å²) in [5, 5.41) is 10.3. The smallest absolute Gasteiger partial charge is 0.291 e. The molecule has 0 unspecified atom stereocenters. The third-order valence-electron chi connectivity index (χ3n) is 4.88. The maximum absolute atomic E-state index is 12.9. The molecule has 0 fully saturated rings. The van der Waals surface area contributed by atoms with E-state index in [-0.39, 0.29) is 24.6 Å². The number of carbonyl (C=O) groups excluding carboxylic acids is 2. The number of hydrogen-bond acceptors (Lipinski definition) is 4. The maximum Gasteiger partial charge on any atom is 0.291 e. The summed E-state index contributed by atoms with van der Waals surface area (Å²) in [6, 6.07) is 14.0. The van der Waals surface area contributed by atoms with Gasteiger partial charge in [-0.2, -0.15) is 5.10 Å². The molecule has 31 heavy (non-hydrogen) atoms. The van der Waals surface area contributed by atoms with Gasteiger partial charge in [0.2, 0.25) is 11.8 Å². The number of nitrogens with one attached hydrogen (secondary N) is 2. The van der Waals surface area contributed by atoms with Gasteiger partial charge in [-0.15, -0.1) is 0 Å². The van der Waals surface area contributed by atoms with Crippen LogP contribution in [0.15, 0.2) is 53.3 Å². The molecule has 3 aromatic rings. The van der Waals surface area contributed by atoms with Gasteiger partial charge < -0.3 is 10.6 Å². The maximum atomic E-state index is 12.9. The zero-order valence-corrected chi connectivity index (χ0v) is 18.3. The van der Waals surface area contributed by atoms with Crippen LogP contribution in [0.3, 0.4) is 0 Å². The summed E-state index contributed by atoms with van der Waals surface area (Å²) in [4.78, 5) is 37.4. The third kappa shape index (κ3) is 5.38. The molecule has 2 amide bonds. The molecule has 2 N–H and O–H groups in total. The number of nitrogens with zero attached hydrogens (tertiary/aromatic N) is 2. The molecule has 1 aromatic heterocycles. The Kier molecular flexibility index (Phi) is 6.87. The van der Waals surface area contributed by atoms with Crippen molar-refractivity contribution in [3.05, 3.63) is 75.0 Å². The lowest BCUT2D eigenvalue weighted by Gasteiger charge is -2.13. The molecule has 3 rings (SSSR count). The highest BCUT2D eigenvalue weighted by Gasteiger charge is 2.15. The topological polar surface area (TPSA) is 93.1 Å². The van der Waals surface area contributed by atoms with E-state index in [4.69, 9.17) is 11.6 Å². The Balaban J connectivity index is 1.96. The van der Waals surface area contributed by atoms with Gasteiger partial charge in [-0.1, -0.05) is 42.8 Å². The van der Waals surface area contributed by atoms with Gasteiger partial charge in [-0.3, -0.25) is 14.4 Å². The standard InChI is InChI=1S/C23H23ClN4O3/c1-4-21(29)26-20-12-19(16-8-10-17(24)11-9-16)27-28(23(20)31)13-22(30)25-18-7-5-6-14(2)15(18)3/h5-12H,4,13H2,1-3H3,(H,25,30)(H,26,29). The molecule has 0 radical (unpaired) electrons. The molecule has 0 saturated heterocycles. The lowest BCUT2D eigenvalue weighted by molar-refractivity contribution is -0.117. The highest BCUT2D eigenvalue weighted by molar-refractivity contribution is 6.30. The molecular weight excluding hydrogens is 416 g/mol. The molecule has 0 spiro atoms.